The molecule has 0 spiro atoms. The fraction of sp³-hybridized carbons (Fsp3) is 0.667. The molecule has 4 nitrogen and oxygen atoms in total. The molecule has 0 amide bonds. The van der Waals surface area contributed by atoms with Crippen LogP contribution in [0.2, 0.25) is 0 Å². The Labute approximate surface area is 135 Å². The molecule has 1 atom stereocenters. The fourth-order valence-electron chi connectivity index (χ4n) is 1.47. The molecule has 0 rings (SSSR count). The van der Waals surface area contributed by atoms with E-state index in [0.717, 1.165) is 12.8 Å². The number of unbranched alkanes of at least 4 members (excludes halogenated alkanes) is 1. The normalized spacial score (nSPS) is 11.0. The first kappa shape index (κ1) is 22.7. The molecule has 0 fully saturated rings. The second-order valence-electron chi connectivity index (χ2n) is 5.49. The van der Waals surface area contributed by atoms with Crippen molar-refractivity contribution in [1.29, 1.82) is 0 Å². The maximum absolute atomic E-state index is 10.8. The molecule has 0 bridgehead atoms. The average Bonchev–Trinajstić information content (AvgIpc) is 2.47. The van der Waals surface area contributed by atoms with E-state index in [1.807, 2.05) is 0 Å². The summed E-state index contributed by atoms with van der Waals surface area (Å²) in [7, 11) is 0. The van der Waals surface area contributed by atoms with E-state index in [0.29, 0.717) is 18.1 Å². The maximum Gasteiger partial charge on any atom is 0.333 e. The zero-order valence-corrected chi connectivity index (χ0v) is 14.8. The van der Waals surface area contributed by atoms with Crippen molar-refractivity contribution in [2.75, 3.05) is 6.61 Å². The molecule has 4 heteroatoms. The van der Waals surface area contributed by atoms with Gasteiger partial charge in [0.05, 0.1) is 12.7 Å². The standard InChI is InChI=1S/C11H20O2.C7H12O2/c1-4-7-8-10(5-2)9-13-11(12)6-3;1-5(2)7(8)9-6(3)4/h6,10H,3-5,7-9H2,1-2H3;6H,1H2,2-4H3. The minimum absolute atomic E-state index is 0.0470. The Bertz CT molecular complexity index is 345. The van der Waals surface area contributed by atoms with Crippen LogP contribution < -0.4 is 0 Å². The molecule has 0 N–H and O–H groups in total. The molecule has 0 aliphatic heterocycles. The van der Waals surface area contributed by atoms with Crippen molar-refractivity contribution in [3.63, 3.8) is 0 Å². The smallest absolute Gasteiger partial charge is 0.333 e. The van der Waals surface area contributed by atoms with Crippen molar-refractivity contribution >= 4 is 11.9 Å². The SMILES string of the molecule is C=C(C)C(=O)OC(C)C.C=CC(=O)OCC(CC)CCCC. The van der Waals surface area contributed by atoms with E-state index in [1.165, 1.54) is 18.9 Å². The molecule has 22 heavy (non-hydrogen) atoms. The third kappa shape index (κ3) is 14.8. The van der Waals surface area contributed by atoms with Crippen LogP contribution in [0.5, 0.6) is 0 Å². The highest BCUT2D eigenvalue weighted by Crippen LogP contribution is 2.12. The molecule has 0 radical (unpaired) electrons. The number of carbonyl (C=O) groups excluding carboxylic acids is 2. The van der Waals surface area contributed by atoms with Crippen LogP contribution in [0.15, 0.2) is 24.8 Å². The van der Waals surface area contributed by atoms with Gasteiger partial charge in [0.2, 0.25) is 0 Å². The van der Waals surface area contributed by atoms with E-state index >= 15 is 0 Å². The molecule has 128 valence electrons. The Morgan fingerprint density at radius 1 is 1.23 bits per heavy atom. The molecule has 1 unspecified atom stereocenters. The molecule has 0 heterocycles. The van der Waals surface area contributed by atoms with Crippen molar-refractivity contribution in [3.05, 3.63) is 24.8 Å². The third-order valence-corrected chi connectivity index (χ3v) is 2.86. The summed E-state index contributed by atoms with van der Waals surface area (Å²) >= 11 is 0. The van der Waals surface area contributed by atoms with Crippen LogP contribution in [0, 0.1) is 5.92 Å². The van der Waals surface area contributed by atoms with E-state index in [1.54, 1.807) is 20.8 Å². The maximum atomic E-state index is 10.8. The Kier molecular flexibility index (Phi) is 14.8. The van der Waals surface area contributed by atoms with Crippen LogP contribution in [-0.2, 0) is 19.1 Å². The van der Waals surface area contributed by atoms with Gasteiger partial charge in [-0.3, -0.25) is 0 Å². The molecular formula is C18H32O4. The molecular weight excluding hydrogens is 280 g/mol. The highest BCUT2D eigenvalue weighted by Gasteiger charge is 2.07. The summed E-state index contributed by atoms with van der Waals surface area (Å²) in [6.45, 7) is 16.9. The monoisotopic (exact) mass is 312 g/mol. The molecule has 0 saturated heterocycles. The Hall–Kier alpha value is -1.58. The summed E-state index contributed by atoms with van der Waals surface area (Å²) < 4.78 is 9.76. The summed E-state index contributed by atoms with van der Waals surface area (Å²) in [5.41, 5.74) is 0.448. The van der Waals surface area contributed by atoms with Gasteiger partial charge in [-0.05, 0) is 33.1 Å². The van der Waals surface area contributed by atoms with Crippen LogP contribution in [0.1, 0.15) is 60.3 Å². The van der Waals surface area contributed by atoms with Crippen molar-refractivity contribution in [2.45, 2.75) is 66.4 Å². The first-order valence-electron chi connectivity index (χ1n) is 7.94. The predicted octanol–water partition coefficient (Wildman–Crippen LogP) is 4.45. The van der Waals surface area contributed by atoms with E-state index in [-0.39, 0.29) is 18.0 Å². The lowest BCUT2D eigenvalue weighted by molar-refractivity contribution is -0.142. The van der Waals surface area contributed by atoms with Gasteiger partial charge in [-0.15, -0.1) is 0 Å². The number of rotatable bonds is 9. The third-order valence-electron chi connectivity index (χ3n) is 2.86. The summed E-state index contributed by atoms with van der Waals surface area (Å²) in [6.07, 6.45) is 5.80. The highest BCUT2D eigenvalue weighted by molar-refractivity contribution is 5.87. The first-order valence-corrected chi connectivity index (χ1v) is 7.94. The van der Waals surface area contributed by atoms with Crippen molar-refractivity contribution in [1.82, 2.24) is 0 Å². The predicted molar refractivity (Wildman–Crippen MR) is 90.5 cm³/mol. The summed E-state index contributed by atoms with van der Waals surface area (Å²) in [4.78, 5) is 21.4. The van der Waals surface area contributed by atoms with Crippen molar-refractivity contribution in [2.24, 2.45) is 5.92 Å². The van der Waals surface area contributed by atoms with E-state index in [9.17, 15) is 9.59 Å². The highest BCUT2D eigenvalue weighted by atomic mass is 16.5. The summed E-state index contributed by atoms with van der Waals surface area (Å²) in [6, 6.07) is 0. The Morgan fingerprint density at radius 2 is 1.82 bits per heavy atom. The van der Waals surface area contributed by atoms with Gasteiger partial charge in [0.25, 0.3) is 0 Å². The fourth-order valence-corrected chi connectivity index (χ4v) is 1.47. The summed E-state index contributed by atoms with van der Waals surface area (Å²) in [5, 5.41) is 0. The Morgan fingerprint density at radius 3 is 2.14 bits per heavy atom. The second-order valence-corrected chi connectivity index (χ2v) is 5.49. The molecule has 0 aliphatic rings. The van der Waals surface area contributed by atoms with E-state index < -0.39 is 0 Å². The minimum atomic E-state index is -0.315. The quantitative estimate of drug-likeness (QED) is 0.466. The number of ether oxygens (including phenoxy) is 2. The lowest BCUT2D eigenvalue weighted by Gasteiger charge is -2.13. The molecule has 0 aromatic carbocycles. The first-order chi connectivity index (χ1) is 10.3. The van der Waals surface area contributed by atoms with Gasteiger partial charge in [0.15, 0.2) is 0 Å². The van der Waals surface area contributed by atoms with Gasteiger partial charge < -0.3 is 9.47 Å². The topological polar surface area (TPSA) is 52.6 Å². The number of hydrogen-bond acceptors (Lipinski definition) is 4. The van der Waals surface area contributed by atoms with Gasteiger partial charge in [-0.25, -0.2) is 9.59 Å². The number of carbonyl (C=O) groups is 2. The lowest BCUT2D eigenvalue weighted by Crippen LogP contribution is -2.12. The van der Waals surface area contributed by atoms with Crippen LogP contribution in [0.4, 0.5) is 0 Å². The molecule has 0 aromatic heterocycles. The zero-order valence-electron chi connectivity index (χ0n) is 14.8. The average molecular weight is 312 g/mol. The molecule has 0 aromatic rings. The second kappa shape index (κ2) is 14.4. The van der Waals surface area contributed by atoms with Gasteiger partial charge in [-0.1, -0.05) is 46.3 Å². The molecule has 0 aliphatic carbocycles. The number of esters is 2. The van der Waals surface area contributed by atoms with Crippen LogP contribution >= 0.6 is 0 Å². The minimum Gasteiger partial charge on any atom is -0.462 e. The van der Waals surface area contributed by atoms with Gasteiger partial charge >= 0.3 is 11.9 Å². The van der Waals surface area contributed by atoms with Crippen LogP contribution in [0.3, 0.4) is 0 Å². The van der Waals surface area contributed by atoms with Gasteiger partial charge in [-0.2, -0.15) is 0 Å². The zero-order chi connectivity index (χ0) is 17.5. The summed E-state index contributed by atoms with van der Waals surface area (Å²) in [5.74, 6) is -0.108. The Balaban J connectivity index is 0. The largest absolute Gasteiger partial charge is 0.462 e. The molecule has 0 saturated carbocycles. The van der Waals surface area contributed by atoms with Crippen LogP contribution in [0.25, 0.3) is 0 Å². The van der Waals surface area contributed by atoms with E-state index in [4.69, 9.17) is 9.47 Å². The van der Waals surface area contributed by atoms with Crippen molar-refractivity contribution < 1.29 is 19.1 Å². The van der Waals surface area contributed by atoms with Crippen molar-refractivity contribution in [3.8, 4) is 0 Å². The van der Waals surface area contributed by atoms with Gasteiger partial charge in [0.1, 0.15) is 0 Å². The van der Waals surface area contributed by atoms with Gasteiger partial charge in [0, 0.05) is 11.6 Å². The van der Waals surface area contributed by atoms with Crippen LogP contribution in [-0.4, -0.2) is 24.6 Å². The lowest BCUT2D eigenvalue weighted by atomic mass is 10.0. The number of hydrogen-bond donors (Lipinski definition) is 0. The van der Waals surface area contributed by atoms with E-state index in [2.05, 4.69) is 27.0 Å².